The molecule has 9 heteroatoms. The number of fused-ring (bicyclic) bond motifs is 1. The number of hydrogen-bond donors (Lipinski definition) is 1. The summed E-state index contributed by atoms with van der Waals surface area (Å²) >= 11 is 0. The van der Waals surface area contributed by atoms with E-state index in [1.165, 1.54) is 0 Å². The molecule has 2 aliphatic heterocycles. The third-order valence-corrected chi connectivity index (χ3v) is 5.74. The fraction of sp³-hybridized carbons (Fsp3) is 0.364. The van der Waals surface area contributed by atoms with Gasteiger partial charge in [0.1, 0.15) is 17.9 Å². The number of carbonyl (C=O) groups is 2. The number of pyridine rings is 1. The van der Waals surface area contributed by atoms with Crippen molar-refractivity contribution in [2.75, 3.05) is 32.8 Å². The maximum Gasteiger partial charge on any atom is 0.275 e. The minimum Gasteiger partial charge on any atom is -0.487 e. The molecule has 3 aromatic rings. The van der Waals surface area contributed by atoms with E-state index in [0.717, 1.165) is 10.9 Å². The molecular weight excluding hydrogens is 398 g/mol. The molecule has 5 rings (SSSR count). The summed E-state index contributed by atoms with van der Waals surface area (Å²) in [6, 6.07) is 10.5. The van der Waals surface area contributed by atoms with Crippen molar-refractivity contribution < 1.29 is 19.1 Å². The van der Waals surface area contributed by atoms with Gasteiger partial charge in [0.15, 0.2) is 5.69 Å². The summed E-state index contributed by atoms with van der Waals surface area (Å²) in [4.78, 5) is 34.3. The van der Waals surface area contributed by atoms with Gasteiger partial charge in [-0.3, -0.25) is 19.7 Å². The van der Waals surface area contributed by atoms with Crippen molar-refractivity contribution in [3.63, 3.8) is 0 Å². The topological polar surface area (TPSA) is 101 Å². The second-order valence-electron chi connectivity index (χ2n) is 7.69. The Morgan fingerprint density at radius 2 is 1.97 bits per heavy atom. The molecule has 2 saturated heterocycles. The fourth-order valence-corrected chi connectivity index (χ4v) is 4.21. The molecular formula is C22H23N5O4. The van der Waals surface area contributed by atoms with Crippen molar-refractivity contribution in [1.82, 2.24) is 25.0 Å². The summed E-state index contributed by atoms with van der Waals surface area (Å²) in [6.07, 6.45) is 3.41. The maximum atomic E-state index is 13.5. The van der Waals surface area contributed by atoms with Gasteiger partial charge < -0.3 is 19.3 Å². The van der Waals surface area contributed by atoms with Crippen molar-refractivity contribution in [2.45, 2.75) is 18.6 Å². The zero-order valence-electron chi connectivity index (χ0n) is 16.9. The number of rotatable bonds is 4. The van der Waals surface area contributed by atoms with Gasteiger partial charge in [0.05, 0.1) is 31.5 Å². The zero-order valence-corrected chi connectivity index (χ0v) is 16.9. The molecule has 1 N–H and O–H groups in total. The van der Waals surface area contributed by atoms with Crippen molar-refractivity contribution in [2.24, 2.45) is 0 Å². The van der Waals surface area contributed by atoms with Crippen LogP contribution in [0.1, 0.15) is 16.9 Å². The number of H-pyrrole nitrogens is 1. The van der Waals surface area contributed by atoms with Crippen LogP contribution in [0.4, 0.5) is 0 Å². The third kappa shape index (κ3) is 3.84. The summed E-state index contributed by atoms with van der Waals surface area (Å²) in [7, 11) is 0. The van der Waals surface area contributed by atoms with Gasteiger partial charge in [-0.15, -0.1) is 0 Å². The van der Waals surface area contributed by atoms with E-state index in [4.69, 9.17) is 9.47 Å². The molecule has 9 nitrogen and oxygen atoms in total. The molecule has 160 valence electrons. The van der Waals surface area contributed by atoms with Crippen LogP contribution in [-0.2, 0) is 9.53 Å². The second-order valence-corrected chi connectivity index (χ2v) is 7.69. The number of amides is 2. The highest BCUT2D eigenvalue weighted by Gasteiger charge is 2.43. The molecule has 0 radical (unpaired) electrons. The van der Waals surface area contributed by atoms with E-state index in [-0.39, 0.29) is 17.9 Å². The Bertz CT molecular complexity index is 1080. The quantitative estimate of drug-likeness (QED) is 0.685. The van der Waals surface area contributed by atoms with Crippen LogP contribution in [0.2, 0.25) is 0 Å². The number of aromatic nitrogens is 3. The summed E-state index contributed by atoms with van der Waals surface area (Å²) < 4.78 is 11.4. The number of ether oxygens (including phenoxy) is 2. The summed E-state index contributed by atoms with van der Waals surface area (Å²) in [5, 5.41) is 7.88. The van der Waals surface area contributed by atoms with Gasteiger partial charge in [0.2, 0.25) is 5.91 Å². The number of para-hydroxylation sites is 1. The van der Waals surface area contributed by atoms with Crippen molar-refractivity contribution >= 4 is 22.7 Å². The summed E-state index contributed by atoms with van der Waals surface area (Å²) in [6.45, 7) is 2.36. The predicted molar refractivity (Wildman–Crippen MR) is 112 cm³/mol. The molecule has 0 unspecified atom stereocenters. The molecule has 2 aliphatic rings. The van der Waals surface area contributed by atoms with E-state index in [0.29, 0.717) is 50.7 Å². The molecule has 1 aromatic carbocycles. The Balaban J connectivity index is 1.42. The monoisotopic (exact) mass is 421 g/mol. The standard InChI is InChI=1S/C22H23N5O4/c28-21(26-8-10-30-11-9-26)19-12-16(31-15-4-3-7-23-13-15)14-27(19)22(29)20-17-5-1-2-6-18(17)24-25-20/h1-7,13,16,19H,8-12,14H2,(H,24,25)/t16-,19-/m0/s1. The number of nitrogens with zero attached hydrogens (tertiary/aromatic N) is 4. The van der Waals surface area contributed by atoms with Crippen LogP contribution >= 0.6 is 0 Å². The number of likely N-dealkylation sites (tertiary alicyclic amines) is 1. The molecule has 2 amide bonds. The van der Waals surface area contributed by atoms with Gasteiger partial charge in [-0.25, -0.2) is 0 Å². The molecule has 31 heavy (non-hydrogen) atoms. The Morgan fingerprint density at radius 3 is 2.77 bits per heavy atom. The first-order chi connectivity index (χ1) is 15.2. The molecule has 0 bridgehead atoms. The van der Waals surface area contributed by atoms with Crippen LogP contribution in [0.5, 0.6) is 5.75 Å². The van der Waals surface area contributed by atoms with Gasteiger partial charge >= 0.3 is 0 Å². The van der Waals surface area contributed by atoms with Gasteiger partial charge in [-0.2, -0.15) is 5.10 Å². The van der Waals surface area contributed by atoms with Crippen LogP contribution in [-0.4, -0.2) is 81.8 Å². The third-order valence-electron chi connectivity index (χ3n) is 5.74. The maximum absolute atomic E-state index is 13.5. The van der Waals surface area contributed by atoms with E-state index in [9.17, 15) is 9.59 Å². The number of benzene rings is 1. The average Bonchev–Trinajstić information content (AvgIpc) is 3.44. The first kappa shape index (κ1) is 19.5. The zero-order chi connectivity index (χ0) is 21.2. The van der Waals surface area contributed by atoms with E-state index in [2.05, 4.69) is 15.2 Å². The number of carbonyl (C=O) groups excluding carboxylic acids is 2. The number of nitrogens with one attached hydrogen (secondary N) is 1. The Labute approximate surface area is 178 Å². The van der Waals surface area contributed by atoms with Gasteiger partial charge in [-0.1, -0.05) is 18.2 Å². The number of morpholine rings is 1. The van der Waals surface area contributed by atoms with Crippen LogP contribution in [0, 0.1) is 0 Å². The lowest BCUT2D eigenvalue weighted by molar-refractivity contribution is -0.139. The molecule has 0 aliphatic carbocycles. The van der Waals surface area contributed by atoms with Crippen LogP contribution in [0.25, 0.3) is 10.9 Å². The normalized spacial score (nSPS) is 21.4. The lowest BCUT2D eigenvalue weighted by atomic mass is 10.1. The van der Waals surface area contributed by atoms with E-state index in [1.54, 1.807) is 28.3 Å². The minimum atomic E-state index is -0.609. The Morgan fingerprint density at radius 1 is 1.13 bits per heavy atom. The lowest BCUT2D eigenvalue weighted by Crippen LogP contribution is -2.51. The highest BCUT2D eigenvalue weighted by Crippen LogP contribution is 2.27. The van der Waals surface area contributed by atoms with Crippen molar-refractivity contribution in [3.8, 4) is 5.75 Å². The molecule has 0 spiro atoms. The Kier molecular flexibility index (Phi) is 5.25. The van der Waals surface area contributed by atoms with E-state index < -0.39 is 6.04 Å². The van der Waals surface area contributed by atoms with E-state index >= 15 is 0 Å². The first-order valence-electron chi connectivity index (χ1n) is 10.4. The van der Waals surface area contributed by atoms with Gasteiger partial charge in [0, 0.05) is 31.1 Å². The van der Waals surface area contributed by atoms with Crippen LogP contribution in [0.15, 0.2) is 48.8 Å². The largest absolute Gasteiger partial charge is 0.487 e. The molecule has 2 aromatic heterocycles. The van der Waals surface area contributed by atoms with Crippen molar-refractivity contribution in [1.29, 1.82) is 0 Å². The minimum absolute atomic E-state index is 0.0752. The van der Waals surface area contributed by atoms with Crippen LogP contribution < -0.4 is 4.74 Å². The average molecular weight is 421 g/mol. The molecule has 4 heterocycles. The highest BCUT2D eigenvalue weighted by atomic mass is 16.5. The van der Waals surface area contributed by atoms with E-state index in [1.807, 2.05) is 30.3 Å². The number of hydrogen-bond acceptors (Lipinski definition) is 6. The molecule has 2 fully saturated rings. The fourth-order valence-electron chi connectivity index (χ4n) is 4.21. The lowest BCUT2D eigenvalue weighted by Gasteiger charge is -2.32. The molecule has 2 atom stereocenters. The Hall–Kier alpha value is -3.46. The highest BCUT2D eigenvalue weighted by molar-refractivity contribution is 6.06. The summed E-state index contributed by atoms with van der Waals surface area (Å²) in [5.41, 5.74) is 1.10. The first-order valence-corrected chi connectivity index (χ1v) is 10.4. The number of aromatic amines is 1. The predicted octanol–water partition coefficient (Wildman–Crippen LogP) is 1.48. The second kappa shape index (κ2) is 8.35. The smallest absolute Gasteiger partial charge is 0.275 e. The summed E-state index contributed by atoms with van der Waals surface area (Å²) in [5.74, 6) is 0.264. The van der Waals surface area contributed by atoms with Gasteiger partial charge in [0.25, 0.3) is 5.91 Å². The molecule has 0 saturated carbocycles. The van der Waals surface area contributed by atoms with Crippen LogP contribution in [0.3, 0.4) is 0 Å². The van der Waals surface area contributed by atoms with Gasteiger partial charge in [-0.05, 0) is 18.2 Å². The van der Waals surface area contributed by atoms with Crippen molar-refractivity contribution in [3.05, 3.63) is 54.5 Å². The SMILES string of the molecule is O=C([C@@H]1C[C@H](Oc2cccnc2)CN1C(=O)c1n[nH]c2ccccc12)N1CCOCC1.